The van der Waals surface area contributed by atoms with Crippen LogP contribution in [0.25, 0.3) is 0 Å². The van der Waals surface area contributed by atoms with Gasteiger partial charge >= 0.3 is 0 Å². The van der Waals surface area contributed by atoms with E-state index in [9.17, 15) is 13.2 Å². The predicted molar refractivity (Wildman–Crippen MR) is 120 cm³/mol. The molecule has 6 nitrogen and oxygen atoms in total. The van der Waals surface area contributed by atoms with Gasteiger partial charge in [-0.15, -0.1) is 11.3 Å². The van der Waals surface area contributed by atoms with Gasteiger partial charge in [-0.2, -0.15) is 5.10 Å². The van der Waals surface area contributed by atoms with Gasteiger partial charge in [0.2, 0.25) is 10.0 Å². The maximum Gasteiger partial charge on any atom is 0.274 e. The zero-order chi connectivity index (χ0) is 21.3. The summed E-state index contributed by atoms with van der Waals surface area (Å²) in [5.41, 5.74) is 3.51. The fourth-order valence-electron chi connectivity index (χ4n) is 3.49. The molecule has 0 bridgehead atoms. The minimum absolute atomic E-state index is 0.146. The van der Waals surface area contributed by atoms with Crippen molar-refractivity contribution >= 4 is 38.7 Å². The first-order chi connectivity index (χ1) is 14.3. The smallest absolute Gasteiger partial charge is 0.274 e. The first-order valence-electron chi connectivity index (χ1n) is 9.40. The Hall–Kier alpha value is -2.97. The van der Waals surface area contributed by atoms with Crippen molar-refractivity contribution in [3.63, 3.8) is 0 Å². The lowest BCUT2D eigenvalue weighted by Crippen LogP contribution is -2.27. The van der Waals surface area contributed by atoms with Crippen LogP contribution < -0.4 is 4.72 Å². The molecular formula is C22H21N3O3S2. The van der Waals surface area contributed by atoms with E-state index >= 15 is 0 Å². The van der Waals surface area contributed by atoms with Crippen LogP contribution in [-0.4, -0.2) is 31.3 Å². The second-order valence-electron chi connectivity index (χ2n) is 7.20. The Labute approximate surface area is 179 Å². The molecule has 1 N–H and O–H groups in total. The molecule has 8 heteroatoms. The highest BCUT2D eigenvalue weighted by Gasteiger charge is 2.34. The zero-order valence-electron chi connectivity index (χ0n) is 16.6. The minimum atomic E-state index is -3.38. The van der Waals surface area contributed by atoms with Gasteiger partial charge in [0.25, 0.3) is 5.91 Å². The van der Waals surface area contributed by atoms with Gasteiger partial charge in [-0.1, -0.05) is 36.4 Å². The van der Waals surface area contributed by atoms with Crippen LogP contribution in [-0.2, 0) is 10.0 Å². The van der Waals surface area contributed by atoms with E-state index in [1.54, 1.807) is 34.5 Å². The maximum atomic E-state index is 13.3. The van der Waals surface area contributed by atoms with Gasteiger partial charge in [-0.05, 0) is 47.7 Å². The number of benzene rings is 2. The summed E-state index contributed by atoms with van der Waals surface area (Å²) in [4.78, 5) is 14.4. The Kier molecular flexibility index (Phi) is 5.44. The van der Waals surface area contributed by atoms with E-state index in [1.165, 1.54) is 0 Å². The summed E-state index contributed by atoms with van der Waals surface area (Å²) in [5.74, 6) is -0.146. The molecule has 0 saturated carbocycles. The topological polar surface area (TPSA) is 78.8 Å². The number of nitrogens with one attached hydrogen (secondary N) is 1. The summed E-state index contributed by atoms with van der Waals surface area (Å²) in [7, 11) is -3.38. The number of hydrogen-bond donors (Lipinski definition) is 1. The third-order valence-corrected chi connectivity index (χ3v) is 6.44. The summed E-state index contributed by atoms with van der Waals surface area (Å²) in [6.45, 7) is 1.91. The number of amides is 1. The fraction of sp³-hybridized carbons (Fsp3) is 0.182. The highest BCUT2D eigenvalue weighted by Crippen LogP contribution is 2.36. The molecule has 30 heavy (non-hydrogen) atoms. The molecule has 0 radical (unpaired) electrons. The van der Waals surface area contributed by atoms with Crippen molar-refractivity contribution in [2.45, 2.75) is 19.4 Å². The van der Waals surface area contributed by atoms with E-state index in [0.717, 1.165) is 28.0 Å². The van der Waals surface area contributed by atoms with Crippen LogP contribution >= 0.6 is 11.3 Å². The number of sulfonamides is 1. The molecule has 2 heterocycles. The van der Waals surface area contributed by atoms with Crippen molar-refractivity contribution in [2.24, 2.45) is 5.10 Å². The van der Waals surface area contributed by atoms with E-state index in [4.69, 9.17) is 0 Å². The van der Waals surface area contributed by atoms with Crippen LogP contribution in [0.1, 0.15) is 38.8 Å². The van der Waals surface area contributed by atoms with Crippen LogP contribution in [0.15, 0.2) is 71.1 Å². The van der Waals surface area contributed by atoms with Gasteiger partial charge in [0, 0.05) is 22.5 Å². The van der Waals surface area contributed by atoms with Crippen molar-refractivity contribution in [3.05, 3.63) is 87.6 Å². The average molecular weight is 440 g/mol. The largest absolute Gasteiger partial charge is 0.284 e. The maximum absolute atomic E-state index is 13.3. The SMILES string of the molecule is Cc1ccccc1C(=O)N1N=C(c2cccc(NS(C)(=O)=O)c2)C[C@@H]1c1cccs1. The molecule has 154 valence electrons. The van der Waals surface area contributed by atoms with E-state index in [1.807, 2.05) is 54.8 Å². The highest BCUT2D eigenvalue weighted by atomic mass is 32.2. The molecule has 1 aliphatic heterocycles. The van der Waals surface area contributed by atoms with Gasteiger partial charge in [0.15, 0.2) is 0 Å². The average Bonchev–Trinajstić information content (AvgIpc) is 3.36. The molecule has 0 spiro atoms. The van der Waals surface area contributed by atoms with Crippen LogP contribution in [0.5, 0.6) is 0 Å². The lowest BCUT2D eigenvalue weighted by molar-refractivity contribution is 0.0713. The van der Waals surface area contributed by atoms with Crippen LogP contribution in [0, 0.1) is 6.92 Å². The van der Waals surface area contributed by atoms with Gasteiger partial charge in [0.1, 0.15) is 0 Å². The van der Waals surface area contributed by atoms with Crippen molar-refractivity contribution in [3.8, 4) is 0 Å². The molecule has 1 aliphatic rings. The second kappa shape index (κ2) is 8.04. The standard InChI is InChI=1S/C22H21N3O3S2/c1-15-7-3-4-10-18(15)22(26)25-20(21-11-6-12-29-21)14-19(23-25)16-8-5-9-17(13-16)24-30(2,27)28/h3-13,20,24H,14H2,1-2H3/t20-/m1/s1. The quantitative estimate of drug-likeness (QED) is 0.639. The minimum Gasteiger partial charge on any atom is -0.284 e. The number of anilines is 1. The number of carbonyl (C=O) groups is 1. The molecule has 0 fully saturated rings. The van der Waals surface area contributed by atoms with E-state index < -0.39 is 10.0 Å². The number of carbonyl (C=O) groups excluding carboxylic acids is 1. The highest BCUT2D eigenvalue weighted by molar-refractivity contribution is 7.92. The molecule has 0 aliphatic carbocycles. The van der Waals surface area contributed by atoms with Crippen molar-refractivity contribution in [1.82, 2.24) is 5.01 Å². The van der Waals surface area contributed by atoms with Crippen molar-refractivity contribution < 1.29 is 13.2 Å². The second-order valence-corrected chi connectivity index (χ2v) is 9.93. The molecule has 0 unspecified atom stereocenters. The summed E-state index contributed by atoms with van der Waals surface area (Å²) < 4.78 is 25.6. The van der Waals surface area contributed by atoms with E-state index in [-0.39, 0.29) is 11.9 Å². The molecule has 0 saturated heterocycles. The molecule has 2 aromatic carbocycles. The number of hydrogen-bond acceptors (Lipinski definition) is 5. The Bertz CT molecular complexity index is 1220. The van der Waals surface area contributed by atoms with Gasteiger partial charge < -0.3 is 0 Å². The Balaban J connectivity index is 1.72. The Morgan fingerprint density at radius 1 is 1.13 bits per heavy atom. The summed E-state index contributed by atoms with van der Waals surface area (Å²) in [6.07, 6.45) is 1.67. The lowest BCUT2D eigenvalue weighted by Gasteiger charge is -2.21. The molecule has 1 amide bonds. The Morgan fingerprint density at radius 2 is 1.93 bits per heavy atom. The van der Waals surface area contributed by atoms with Gasteiger partial charge in [-0.3, -0.25) is 9.52 Å². The van der Waals surface area contributed by atoms with Crippen molar-refractivity contribution in [2.75, 3.05) is 11.0 Å². The molecule has 4 rings (SSSR count). The number of thiophene rings is 1. The van der Waals surface area contributed by atoms with Crippen LogP contribution in [0.3, 0.4) is 0 Å². The van der Waals surface area contributed by atoms with Crippen LogP contribution in [0.2, 0.25) is 0 Å². The molecule has 1 atom stereocenters. The number of nitrogens with zero attached hydrogens (tertiary/aromatic N) is 2. The molecule has 3 aromatic rings. The lowest BCUT2D eigenvalue weighted by atomic mass is 10.0. The first kappa shape index (κ1) is 20.3. The van der Waals surface area contributed by atoms with Gasteiger partial charge in [0.05, 0.1) is 18.0 Å². The van der Waals surface area contributed by atoms with Crippen molar-refractivity contribution in [1.29, 1.82) is 0 Å². The number of hydrazone groups is 1. The van der Waals surface area contributed by atoms with E-state index in [2.05, 4.69) is 9.82 Å². The molecular weight excluding hydrogens is 418 g/mol. The monoisotopic (exact) mass is 439 g/mol. The van der Waals surface area contributed by atoms with Gasteiger partial charge in [-0.25, -0.2) is 13.4 Å². The fourth-order valence-corrected chi connectivity index (χ4v) is 4.85. The summed E-state index contributed by atoms with van der Waals surface area (Å²) in [5, 5.41) is 8.22. The molecule has 1 aromatic heterocycles. The normalized spacial score (nSPS) is 16.4. The summed E-state index contributed by atoms with van der Waals surface area (Å²) >= 11 is 1.59. The first-order valence-corrected chi connectivity index (χ1v) is 12.2. The summed E-state index contributed by atoms with van der Waals surface area (Å²) in [6, 6.07) is 18.3. The predicted octanol–water partition coefficient (Wildman–Crippen LogP) is 4.42. The van der Waals surface area contributed by atoms with E-state index in [0.29, 0.717) is 17.7 Å². The van der Waals surface area contributed by atoms with Crippen LogP contribution in [0.4, 0.5) is 5.69 Å². The zero-order valence-corrected chi connectivity index (χ0v) is 18.2. The number of aryl methyl sites for hydroxylation is 1. The third kappa shape index (κ3) is 4.29. The number of rotatable bonds is 5. The Morgan fingerprint density at radius 3 is 2.63 bits per heavy atom. The third-order valence-electron chi connectivity index (χ3n) is 4.86.